The second-order valence-corrected chi connectivity index (χ2v) is 20.1. The molecule has 0 radical (unpaired) electrons. The number of carbonyl (C=O) groups is 1. The van der Waals surface area contributed by atoms with Gasteiger partial charge in [0.05, 0.1) is 0 Å². The zero-order valence-corrected chi connectivity index (χ0v) is 34.5. The van der Waals surface area contributed by atoms with Crippen LogP contribution in [0.2, 0.25) is 0 Å². The van der Waals surface area contributed by atoms with E-state index in [1.807, 2.05) is 5.57 Å². The number of unbranched alkanes of at least 4 members (excludes halogenated alkanes) is 8. The molecule has 10 atom stereocenters. The van der Waals surface area contributed by atoms with Crippen molar-refractivity contribution in [3.63, 3.8) is 0 Å². The van der Waals surface area contributed by atoms with Crippen LogP contribution in [0.5, 0.6) is 0 Å². The molecule has 0 bridgehead atoms. The lowest BCUT2D eigenvalue weighted by molar-refractivity contribution is -0.213. The molecule has 0 aliphatic heterocycles. The molecule has 4 fully saturated rings. The number of carbonyl (C=O) groups excluding carboxylic acids is 1. The summed E-state index contributed by atoms with van der Waals surface area (Å²) in [7, 11) is 0. The topological polar surface area (TPSA) is 26.3 Å². The van der Waals surface area contributed by atoms with Gasteiger partial charge in [0.1, 0.15) is 6.10 Å². The summed E-state index contributed by atoms with van der Waals surface area (Å²) in [6.07, 6.45) is 37.8. The van der Waals surface area contributed by atoms with Gasteiger partial charge >= 0.3 is 5.97 Å². The highest BCUT2D eigenvalue weighted by molar-refractivity contribution is 5.69. The Morgan fingerprint density at radius 2 is 1.44 bits per heavy atom. The second kappa shape index (κ2) is 16.4. The third kappa shape index (κ3) is 7.68. The van der Waals surface area contributed by atoms with E-state index in [0.717, 1.165) is 43.4 Å². The van der Waals surface area contributed by atoms with Crippen molar-refractivity contribution in [3.8, 4) is 0 Å². The molecule has 5 rings (SSSR count). The third-order valence-electron chi connectivity index (χ3n) is 16.9. The zero-order chi connectivity index (χ0) is 36.2. The van der Waals surface area contributed by atoms with E-state index >= 15 is 0 Å². The molecule has 0 aromatic heterocycles. The van der Waals surface area contributed by atoms with Crippen LogP contribution in [0.1, 0.15) is 197 Å². The molecule has 0 unspecified atom stereocenters. The maximum Gasteiger partial charge on any atom is 0.306 e. The molecule has 0 amide bonds. The third-order valence-corrected chi connectivity index (χ3v) is 16.9. The molecular formula is C48H80O2. The summed E-state index contributed by atoms with van der Waals surface area (Å²) in [6.45, 7) is 23.1. The van der Waals surface area contributed by atoms with Crippen molar-refractivity contribution in [2.24, 2.45) is 56.7 Å². The molecule has 2 heteroatoms. The molecule has 0 heterocycles. The molecule has 50 heavy (non-hydrogen) atoms. The van der Waals surface area contributed by atoms with Crippen molar-refractivity contribution in [1.82, 2.24) is 0 Å². The quantitative estimate of drug-likeness (QED) is 0.0972. The Hall–Kier alpha value is -1.31. The minimum absolute atomic E-state index is 0.0195. The van der Waals surface area contributed by atoms with Crippen LogP contribution in [0, 0.1) is 56.7 Å². The molecule has 5 aliphatic rings. The SMILES string of the molecule is CCCCC/C=C/C/C=C/CCCCCCCC(=O)O[C@H]1CC[C@@]2(C)[C@H](CC[C@]3(C)[C@@H]2CC=C2[C@H]4[C@@H](C)[C@H](C)CC[C@]4(C)CC[C@]23C)C1(C)C. The average Bonchev–Trinajstić information content (AvgIpc) is 3.07. The maximum absolute atomic E-state index is 13.2. The monoisotopic (exact) mass is 689 g/mol. The molecule has 2 nitrogen and oxygen atoms in total. The van der Waals surface area contributed by atoms with Gasteiger partial charge in [-0.2, -0.15) is 0 Å². The summed E-state index contributed by atoms with van der Waals surface area (Å²) in [4.78, 5) is 13.2. The fourth-order valence-corrected chi connectivity index (χ4v) is 13.3. The van der Waals surface area contributed by atoms with Crippen molar-refractivity contribution >= 4 is 5.97 Å². The highest BCUT2D eigenvalue weighted by Crippen LogP contribution is 2.75. The summed E-state index contributed by atoms with van der Waals surface area (Å²) in [5, 5.41) is 0. The van der Waals surface area contributed by atoms with E-state index in [1.54, 1.807) is 0 Å². The number of hydrogen-bond donors (Lipinski definition) is 0. The van der Waals surface area contributed by atoms with Crippen molar-refractivity contribution in [1.29, 1.82) is 0 Å². The van der Waals surface area contributed by atoms with E-state index in [0.29, 0.717) is 39.9 Å². The van der Waals surface area contributed by atoms with E-state index in [1.165, 1.54) is 103 Å². The van der Waals surface area contributed by atoms with Gasteiger partial charge in [-0.1, -0.05) is 130 Å². The fourth-order valence-electron chi connectivity index (χ4n) is 13.3. The largest absolute Gasteiger partial charge is 0.462 e. The number of rotatable bonds is 15. The van der Waals surface area contributed by atoms with Gasteiger partial charge in [-0.05, 0) is 148 Å². The second-order valence-electron chi connectivity index (χ2n) is 20.1. The molecule has 0 aromatic carbocycles. The normalized spacial score (nSPS) is 40.9. The molecule has 5 aliphatic carbocycles. The minimum Gasteiger partial charge on any atom is -0.462 e. The molecule has 284 valence electrons. The number of esters is 1. The fraction of sp³-hybridized carbons (Fsp3) is 0.854. The summed E-state index contributed by atoms with van der Waals surface area (Å²) < 4.78 is 6.41. The first-order chi connectivity index (χ1) is 23.7. The van der Waals surface area contributed by atoms with E-state index < -0.39 is 0 Å². The van der Waals surface area contributed by atoms with Gasteiger partial charge in [-0.3, -0.25) is 4.79 Å². The molecule has 0 saturated heterocycles. The van der Waals surface area contributed by atoms with Crippen LogP contribution in [0.25, 0.3) is 0 Å². The van der Waals surface area contributed by atoms with Crippen molar-refractivity contribution in [2.75, 3.05) is 0 Å². The molecular weight excluding hydrogens is 609 g/mol. The predicted octanol–water partition coefficient (Wildman–Crippen LogP) is 14.4. The Bertz CT molecular complexity index is 1220. The average molecular weight is 689 g/mol. The number of ether oxygens (including phenoxy) is 1. The lowest BCUT2D eigenvalue weighted by Gasteiger charge is -2.71. The Morgan fingerprint density at radius 1 is 0.760 bits per heavy atom. The Kier molecular flexibility index (Phi) is 13.1. The molecule has 0 spiro atoms. The summed E-state index contributed by atoms with van der Waals surface area (Å²) >= 11 is 0. The smallest absolute Gasteiger partial charge is 0.306 e. The van der Waals surface area contributed by atoms with Gasteiger partial charge < -0.3 is 4.74 Å². The van der Waals surface area contributed by atoms with Crippen LogP contribution in [0.15, 0.2) is 36.0 Å². The highest BCUT2D eigenvalue weighted by atomic mass is 16.5. The predicted molar refractivity (Wildman–Crippen MR) is 214 cm³/mol. The van der Waals surface area contributed by atoms with Crippen LogP contribution in [0.4, 0.5) is 0 Å². The first-order valence-electron chi connectivity index (χ1n) is 21.9. The maximum atomic E-state index is 13.2. The highest BCUT2D eigenvalue weighted by Gasteiger charge is 2.68. The number of fused-ring (bicyclic) bond motifs is 7. The Balaban J connectivity index is 1.10. The molecule has 4 saturated carbocycles. The number of hydrogen-bond acceptors (Lipinski definition) is 2. The minimum atomic E-state index is 0.0195. The Labute approximate surface area is 310 Å². The van der Waals surface area contributed by atoms with Crippen LogP contribution in [-0.4, -0.2) is 12.1 Å². The van der Waals surface area contributed by atoms with Crippen molar-refractivity contribution in [3.05, 3.63) is 36.0 Å². The van der Waals surface area contributed by atoms with Crippen LogP contribution in [-0.2, 0) is 9.53 Å². The molecule has 0 aromatic rings. The standard InChI is InChI=1S/C48H80O2/c1-10-11-12-13-14-15-16-17-18-19-20-21-22-23-24-25-42(49)50-41-30-32-46(7)39(44(41,4)5)29-33-48(9)40(46)27-26-38-43-37(3)36(2)28-31-45(43,6)34-35-47(38,48)8/h14-15,17-18,26,36-37,39-41,43H,10-13,16,19-25,27-35H2,1-9H3/b15-14+,18-17+/t36-,37+,39-,40-,41+,43-,45-,46+,47-,48-/m1/s1. The first-order valence-corrected chi connectivity index (χ1v) is 21.9. The van der Waals surface area contributed by atoms with Gasteiger partial charge in [-0.25, -0.2) is 0 Å². The Morgan fingerprint density at radius 3 is 2.16 bits per heavy atom. The van der Waals surface area contributed by atoms with E-state index in [9.17, 15) is 4.79 Å². The van der Waals surface area contributed by atoms with Gasteiger partial charge in [0.2, 0.25) is 0 Å². The summed E-state index contributed by atoms with van der Waals surface area (Å²) in [5.41, 5.74) is 3.36. The first kappa shape index (κ1) is 39.9. The van der Waals surface area contributed by atoms with E-state index in [-0.39, 0.29) is 17.5 Å². The summed E-state index contributed by atoms with van der Waals surface area (Å²) in [5.74, 6) is 3.77. The van der Waals surface area contributed by atoms with Crippen LogP contribution in [0.3, 0.4) is 0 Å². The zero-order valence-electron chi connectivity index (χ0n) is 34.5. The van der Waals surface area contributed by atoms with Crippen LogP contribution >= 0.6 is 0 Å². The lowest BCUT2D eigenvalue weighted by atomic mass is 9.33. The lowest BCUT2D eigenvalue weighted by Crippen LogP contribution is -2.65. The number of allylic oxidation sites excluding steroid dienone is 6. The van der Waals surface area contributed by atoms with Gasteiger partial charge in [0, 0.05) is 11.8 Å². The van der Waals surface area contributed by atoms with Gasteiger partial charge in [0.25, 0.3) is 0 Å². The van der Waals surface area contributed by atoms with Gasteiger partial charge in [-0.15, -0.1) is 0 Å². The van der Waals surface area contributed by atoms with Crippen LogP contribution < -0.4 is 0 Å². The van der Waals surface area contributed by atoms with E-state index in [4.69, 9.17) is 4.74 Å². The van der Waals surface area contributed by atoms with Crippen molar-refractivity contribution in [2.45, 2.75) is 203 Å². The van der Waals surface area contributed by atoms with Gasteiger partial charge in [0.15, 0.2) is 0 Å². The van der Waals surface area contributed by atoms with E-state index in [2.05, 4.69) is 92.7 Å². The summed E-state index contributed by atoms with van der Waals surface area (Å²) in [6, 6.07) is 0. The molecule has 0 N–H and O–H groups in total. The van der Waals surface area contributed by atoms with Crippen molar-refractivity contribution < 1.29 is 9.53 Å².